The smallest absolute Gasteiger partial charge is 0.320 e. The molecule has 3 amide bonds. The second-order valence-corrected chi connectivity index (χ2v) is 5.96. The van der Waals surface area contributed by atoms with Crippen molar-refractivity contribution >= 4 is 35.3 Å². The molecule has 28 heavy (non-hydrogen) atoms. The molecular formula is C18H23N3O7. The number of carbonyl (C=O) groups is 5. The van der Waals surface area contributed by atoms with Crippen LogP contribution >= 0.6 is 0 Å². The lowest BCUT2D eigenvalue weighted by Gasteiger charge is -2.27. The summed E-state index contributed by atoms with van der Waals surface area (Å²) in [6.07, 6.45) is 0. The van der Waals surface area contributed by atoms with E-state index in [4.69, 9.17) is 5.73 Å². The number of hydrogen-bond donors (Lipinski definition) is 3. The minimum absolute atomic E-state index is 0.0730. The van der Waals surface area contributed by atoms with Crippen molar-refractivity contribution in [2.45, 2.75) is 19.9 Å². The van der Waals surface area contributed by atoms with Crippen molar-refractivity contribution in [1.82, 2.24) is 5.32 Å². The third-order valence-corrected chi connectivity index (χ3v) is 4.04. The second-order valence-electron chi connectivity index (χ2n) is 5.96. The van der Waals surface area contributed by atoms with E-state index in [9.17, 15) is 24.0 Å². The minimum Gasteiger partial charge on any atom is -0.468 e. The highest BCUT2D eigenvalue weighted by Crippen LogP contribution is 2.21. The molecule has 0 unspecified atom stereocenters. The first-order valence-electron chi connectivity index (χ1n) is 8.26. The molecule has 0 bridgehead atoms. The lowest BCUT2D eigenvalue weighted by atomic mass is 9.86. The van der Waals surface area contributed by atoms with Crippen LogP contribution in [0.15, 0.2) is 24.3 Å². The van der Waals surface area contributed by atoms with Gasteiger partial charge in [0.1, 0.15) is 6.04 Å². The van der Waals surface area contributed by atoms with Gasteiger partial charge in [-0.3, -0.25) is 24.0 Å². The number of para-hydroxylation sites is 1. The molecule has 0 spiro atoms. The second kappa shape index (κ2) is 10.0. The zero-order chi connectivity index (χ0) is 21.4. The fourth-order valence-electron chi connectivity index (χ4n) is 2.63. The van der Waals surface area contributed by atoms with Gasteiger partial charge in [0.15, 0.2) is 5.92 Å². The van der Waals surface area contributed by atoms with Crippen LogP contribution in [0.3, 0.4) is 0 Å². The number of nitrogens with two attached hydrogens (primary N) is 1. The van der Waals surface area contributed by atoms with E-state index < -0.39 is 47.5 Å². The molecule has 0 saturated carbocycles. The van der Waals surface area contributed by atoms with Gasteiger partial charge >= 0.3 is 11.9 Å². The number of esters is 2. The maximum absolute atomic E-state index is 12.7. The Hall–Kier alpha value is -3.43. The van der Waals surface area contributed by atoms with Crippen LogP contribution in [0.5, 0.6) is 0 Å². The van der Waals surface area contributed by atoms with Crippen LogP contribution in [-0.2, 0) is 28.7 Å². The number of amides is 3. The van der Waals surface area contributed by atoms with Crippen LogP contribution in [0, 0.1) is 11.8 Å². The van der Waals surface area contributed by atoms with E-state index in [1.54, 1.807) is 12.1 Å². The molecule has 0 radical (unpaired) electrons. The van der Waals surface area contributed by atoms with Crippen LogP contribution in [0.2, 0.25) is 0 Å². The van der Waals surface area contributed by atoms with E-state index in [-0.39, 0.29) is 11.3 Å². The topological polar surface area (TPSA) is 154 Å². The van der Waals surface area contributed by atoms with Gasteiger partial charge in [0.05, 0.1) is 25.5 Å². The summed E-state index contributed by atoms with van der Waals surface area (Å²) in [4.78, 5) is 59.9. The Morgan fingerprint density at radius 3 is 2.00 bits per heavy atom. The molecule has 0 aliphatic carbocycles. The quantitative estimate of drug-likeness (QED) is 0.409. The molecular weight excluding hydrogens is 370 g/mol. The fraction of sp³-hybridized carbons (Fsp3) is 0.389. The molecule has 0 saturated heterocycles. The normalized spacial score (nSPS) is 12.5. The van der Waals surface area contributed by atoms with Crippen molar-refractivity contribution in [2.24, 2.45) is 17.6 Å². The maximum atomic E-state index is 12.7. The molecule has 0 fully saturated rings. The number of ether oxygens (including phenoxy) is 2. The van der Waals surface area contributed by atoms with Crippen LogP contribution in [0.4, 0.5) is 5.69 Å². The van der Waals surface area contributed by atoms with Gasteiger partial charge in [-0.1, -0.05) is 19.1 Å². The molecule has 2 atom stereocenters. The minimum atomic E-state index is -1.47. The number of methoxy groups -OCH3 is 2. The van der Waals surface area contributed by atoms with Gasteiger partial charge in [-0.05, 0) is 12.1 Å². The number of anilines is 1. The summed E-state index contributed by atoms with van der Waals surface area (Å²) >= 11 is 0. The standard InChI is InChI=1S/C18H23N3O7/c1-9(13(17(25)27-3)18(26)28-4)14(15(19)23)21-16(24)11-7-5-6-8-12(11)20-10(2)22/h5-9,13-14H,1-4H3,(H2,19,23)(H,20,22)(H,21,24)/t9-,14-/m0/s1. The van der Waals surface area contributed by atoms with Crippen molar-refractivity contribution in [1.29, 1.82) is 0 Å². The molecule has 10 heteroatoms. The Morgan fingerprint density at radius 2 is 1.54 bits per heavy atom. The van der Waals surface area contributed by atoms with Gasteiger partial charge in [0, 0.05) is 12.8 Å². The van der Waals surface area contributed by atoms with Crippen LogP contribution in [-0.4, -0.2) is 49.9 Å². The summed E-state index contributed by atoms with van der Waals surface area (Å²) in [6.45, 7) is 2.66. The molecule has 0 heterocycles. The molecule has 1 aromatic carbocycles. The van der Waals surface area contributed by atoms with E-state index in [1.807, 2.05) is 0 Å². The van der Waals surface area contributed by atoms with E-state index >= 15 is 0 Å². The highest BCUT2D eigenvalue weighted by molar-refractivity contribution is 6.05. The molecule has 0 aliphatic rings. The third kappa shape index (κ3) is 5.53. The van der Waals surface area contributed by atoms with Gasteiger partial charge in [-0.2, -0.15) is 0 Å². The lowest BCUT2D eigenvalue weighted by Crippen LogP contribution is -2.53. The van der Waals surface area contributed by atoms with E-state index in [0.717, 1.165) is 14.2 Å². The first-order chi connectivity index (χ1) is 13.1. The molecule has 0 aromatic heterocycles. The van der Waals surface area contributed by atoms with Gasteiger partial charge in [-0.25, -0.2) is 0 Å². The van der Waals surface area contributed by atoms with Crippen molar-refractivity contribution in [3.8, 4) is 0 Å². The molecule has 152 valence electrons. The maximum Gasteiger partial charge on any atom is 0.320 e. The van der Waals surface area contributed by atoms with E-state index in [2.05, 4.69) is 20.1 Å². The summed E-state index contributed by atoms with van der Waals surface area (Å²) in [5.41, 5.74) is 5.67. The molecule has 0 aliphatic heterocycles. The van der Waals surface area contributed by atoms with Gasteiger partial charge in [-0.15, -0.1) is 0 Å². The average molecular weight is 393 g/mol. The highest BCUT2D eigenvalue weighted by atomic mass is 16.5. The predicted octanol–water partition coefficient (Wildman–Crippen LogP) is -0.173. The van der Waals surface area contributed by atoms with Crippen molar-refractivity contribution in [3.63, 3.8) is 0 Å². The molecule has 1 rings (SSSR count). The Kier molecular flexibility index (Phi) is 8.11. The fourth-order valence-corrected chi connectivity index (χ4v) is 2.63. The average Bonchev–Trinajstić information content (AvgIpc) is 2.65. The largest absolute Gasteiger partial charge is 0.468 e. The molecule has 10 nitrogen and oxygen atoms in total. The Balaban J connectivity index is 3.18. The zero-order valence-corrected chi connectivity index (χ0v) is 16.0. The Labute approximate surface area is 161 Å². The van der Waals surface area contributed by atoms with Gasteiger partial charge < -0.3 is 25.8 Å². The number of nitrogens with one attached hydrogen (secondary N) is 2. The first-order valence-corrected chi connectivity index (χ1v) is 8.26. The Morgan fingerprint density at radius 1 is 1.00 bits per heavy atom. The summed E-state index contributed by atoms with van der Waals surface area (Å²) in [7, 11) is 2.15. The van der Waals surface area contributed by atoms with E-state index in [1.165, 1.54) is 26.0 Å². The van der Waals surface area contributed by atoms with Crippen molar-refractivity contribution in [2.75, 3.05) is 19.5 Å². The lowest BCUT2D eigenvalue weighted by molar-refractivity contribution is -0.162. The Bertz CT molecular complexity index is 762. The third-order valence-electron chi connectivity index (χ3n) is 4.04. The van der Waals surface area contributed by atoms with Crippen LogP contribution < -0.4 is 16.4 Å². The predicted molar refractivity (Wildman–Crippen MR) is 97.9 cm³/mol. The SMILES string of the molecule is COC(=O)C(C(=O)OC)[C@H](C)[C@H](NC(=O)c1ccccc1NC(C)=O)C(N)=O. The van der Waals surface area contributed by atoms with Gasteiger partial charge in [0.2, 0.25) is 11.8 Å². The number of benzene rings is 1. The molecule has 1 aromatic rings. The van der Waals surface area contributed by atoms with E-state index in [0.29, 0.717) is 0 Å². The number of rotatable bonds is 8. The summed E-state index contributed by atoms with van der Waals surface area (Å²) in [5, 5.41) is 4.90. The number of carbonyl (C=O) groups excluding carboxylic acids is 5. The van der Waals surface area contributed by atoms with Crippen molar-refractivity contribution in [3.05, 3.63) is 29.8 Å². The summed E-state index contributed by atoms with van der Waals surface area (Å²) in [5.74, 6) is -6.48. The first kappa shape index (κ1) is 22.6. The van der Waals surface area contributed by atoms with Crippen LogP contribution in [0.1, 0.15) is 24.2 Å². The summed E-state index contributed by atoms with van der Waals surface area (Å²) < 4.78 is 9.17. The monoisotopic (exact) mass is 393 g/mol. The highest BCUT2D eigenvalue weighted by Gasteiger charge is 2.41. The van der Waals surface area contributed by atoms with Crippen LogP contribution in [0.25, 0.3) is 0 Å². The number of primary amides is 1. The number of hydrogen-bond acceptors (Lipinski definition) is 7. The van der Waals surface area contributed by atoms with Crippen molar-refractivity contribution < 1.29 is 33.4 Å². The molecule has 4 N–H and O–H groups in total. The zero-order valence-electron chi connectivity index (χ0n) is 16.0. The van der Waals surface area contributed by atoms with Gasteiger partial charge in [0.25, 0.3) is 5.91 Å². The summed E-state index contributed by atoms with van der Waals surface area (Å²) in [6, 6.07) is 4.72.